The zero-order valence-electron chi connectivity index (χ0n) is 15.6. The van der Waals surface area contributed by atoms with Crippen molar-refractivity contribution in [1.29, 1.82) is 0 Å². The van der Waals surface area contributed by atoms with Crippen molar-refractivity contribution in [3.63, 3.8) is 0 Å². The van der Waals surface area contributed by atoms with E-state index < -0.39 is 11.2 Å². The van der Waals surface area contributed by atoms with Gasteiger partial charge in [-0.1, -0.05) is 32.0 Å². The second kappa shape index (κ2) is 6.26. The van der Waals surface area contributed by atoms with Gasteiger partial charge in [0.15, 0.2) is 0 Å². The number of aromatic nitrogens is 3. The summed E-state index contributed by atoms with van der Waals surface area (Å²) in [4.78, 5) is 44.5. The molecule has 1 aliphatic rings. The Morgan fingerprint density at radius 3 is 2.67 bits per heavy atom. The third kappa shape index (κ3) is 2.70. The minimum Gasteiger partial charge on any atom is -0.356 e. The lowest BCUT2D eigenvalue weighted by atomic mass is 9.90. The number of carbonyl (C=O) groups is 1. The number of aromatic amines is 2. The number of nitrogens with one attached hydrogen (secondary N) is 2. The average Bonchev–Trinajstić information content (AvgIpc) is 3.01. The first-order chi connectivity index (χ1) is 12.9. The molecule has 7 heteroatoms. The van der Waals surface area contributed by atoms with Crippen LogP contribution in [0.1, 0.15) is 41.5 Å². The second-order valence-corrected chi connectivity index (χ2v) is 7.41. The van der Waals surface area contributed by atoms with E-state index in [2.05, 4.69) is 29.9 Å². The van der Waals surface area contributed by atoms with Crippen LogP contribution in [0.15, 0.2) is 40.1 Å². The molecule has 1 unspecified atom stereocenters. The van der Waals surface area contributed by atoms with Crippen LogP contribution >= 0.6 is 0 Å². The van der Waals surface area contributed by atoms with E-state index in [1.54, 1.807) is 4.90 Å². The molecule has 140 valence electrons. The molecule has 0 fully saturated rings. The van der Waals surface area contributed by atoms with Crippen molar-refractivity contribution in [2.75, 3.05) is 6.54 Å². The van der Waals surface area contributed by atoms with Crippen molar-refractivity contribution in [2.45, 2.75) is 26.3 Å². The summed E-state index contributed by atoms with van der Waals surface area (Å²) in [5.74, 6) is -0.192. The van der Waals surface area contributed by atoms with E-state index in [1.807, 2.05) is 18.2 Å². The van der Waals surface area contributed by atoms with Gasteiger partial charge in [0.1, 0.15) is 5.56 Å². The first-order valence-electron chi connectivity index (χ1n) is 9.09. The number of hydrogen-bond donors (Lipinski definition) is 2. The topological polar surface area (TPSA) is 91.0 Å². The minimum absolute atomic E-state index is 0.0117. The summed E-state index contributed by atoms with van der Waals surface area (Å²) in [5.41, 5.74) is 2.14. The fourth-order valence-electron chi connectivity index (χ4n) is 4.06. The Morgan fingerprint density at radius 1 is 1.19 bits per heavy atom. The number of H-pyrrole nitrogens is 2. The molecule has 0 saturated carbocycles. The van der Waals surface area contributed by atoms with Crippen molar-refractivity contribution in [2.24, 2.45) is 13.0 Å². The highest BCUT2D eigenvalue weighted by Gasteiger charge is 2.36. The molecule has 27 heavy (non-hydrogen) atoms. The molecule has 0 spiro atoms. The van der Waals surface area contributed by atoms with Gasteiger partial charge in [-0.15, -0.1) is 0 Å². The Morgan fingerprint density at radius 2 is 1.93 bits per heavy atom. The van der Waals surface area contributed by atoms with E-state index in [0.29, 0.717) is 6.54 Å². The van der Waals surface area contributed by atoms with E-state index in [4.69, 9.17) is 0 Å². The number of amides is 1. The first-order valence-corrected chi connectivity index (χ1v) is 9.09. The van der Waals surface area contributed by atoms with Crippen molar-refractivity contribution in [3.05, 3.63) is 68.1 Å². The highest BCUT2D eigenvalue weighted by Crippen LogP contribution is 2.38. The summed E-state index contributed by atoms with van der Waals surface area (Å²) in [6, 6.07) is 7.97. The number of hydrogen-bond acceptors (Lipinski definition) is 3. The van der Waals surface area contributed by atoms with Crippen molar-refractivity contribution in [3.8, 4) is 0 Å². The number of benzene rings is 1. The molecule has 7 nitrogen and oxygen atoms in total. The summed E-state index contributed by atoms with van der Waals surface area (Å²) < 4.78 is 1.22. The smallest absolute Gasteiger partial charge is 0.328 e. The molecule has 1 aliphatic heterocycles. The summed E-state index contributed by atoms with van der Waals surface area (Å²) in [7, 11) is 1.51. The van der Waals surface area contributed by atoms with E-state index >= 15 is 0 Å². The van der Waals surface area contributed by atoms with Gasteiger partial charge in [-0.25, -0.2) is 4.79 Å². The standard InChI is InChI=1S/C20H22N4O3/c1-11(2)17-16-13(12-6-4-5-7-15(12)21-16)8-9-24(17)19(26)14-10-23(3)20(27)22-18(14)25/h4-7,10-11,17,21H,8-9H2,1-3H3,(H,22,25,27). The molecule has 2 aromatic heterocycles. The molecule has 1 aromatic carbocycles. The molecular weight excluding hydrogens is 344 g/mol. The predicted octanol–water partition coefficient (Wildman–Crippen LogP) is 1.95. The van der Waals surface area contributed by atoms with Crippen LogP contribution in [0.3, 0.4) is 0 Å². The quantitative estimate of drug-likeness (QED) is 0.726. The maximum Gasteiger partial charge on any atom is 0.328 e. The van der Waals surface area contributed by atoms with E-state index in [9.17, 15) is 14.4 Å². The Bertz CT molecular complexity index is 1150. The van der Waals surface area contributed by atoms with Crippen LogP contribution < -0.4 is 11.2 Å². The molecule has 4 rings (SSSR count). The van der Waals surface area contributed by atoms with Gasteiger partial charge in [0.2, 0.25) is 0 Å². The van der Waals surface area contributed by atoms with Crippen LogP contribution in [0.5, 0.6) is 0 Å². The summed E-state index contributed by atoms with van der Waals surface area (Å²) in [5, 5.41) is 1.19. The molecule has 0 saturated heterocycles. The van der Waals surface area contributed by atoms with E-state index in [-0.39, 0.29) is 23.4 Å². The highest BCUT2D eigenvalue weighted by atomic mass is 16.2. The molecule has 2 N–H and O–H groups in total. The van der Waals surface area contributed by atoms with Gasteiger partial charge < -0.3 is 14.5 Å². The van der Waals surface area contributed by atoms with Gasteiger partial charge in [-0.3, -0.25) is 14.6 Å². The lowest BCUT2D eigenvalue weighted by Crippen LogP contribution is -2.45. The first kappa shape index (κ1) is 17.3. The molecular formula is C20H22N4O3. The van der Waals surface area contributed by atoms with Gasteiger partial charge in [0.25, 0.3) is 11.5 Å². The number of carbonyl (C=O) groups excluding carboxylic acids is 1. The van der Waals surface area contributed by atoms with Gasteiger partial charge in [0, 0.05) is 36.4 Å². The normalized spacial score (nSPS) is 16.7. The van der Waals surface area contributed by atoms with Crippen LogP contribution in [0.25, 0.3) is 10.9 Å². The summed E-state index contributed by atoms with van der Waals surface area (Å²) in [6.07, 6.45) is 2.04. The van der Waals surface area contributed by atoms with Gasteiger partial charge in [-0.2, -0.15) is 0 Å². The molecule has 0 aliphatic carbocycles. The molecule has 3 heterocycles. The van der Waals surface area contributed by atoms with Crippen LogP contribution in [0.2, 0.25) is 0 Å². The van der Waals surface area contributed by atoms with Crippen LogP contribution in [0, 0.1) is 5.92 Å². The van der Waals surface area contributed by atoms with Gasteiger partial charge >= 0.3 is 5.69 Å². The zero-order valence-corrected chi connectivity index (χ0v) is 15.6. The average molecular weight is 366 g/mol. The predicted molar refractivity (Wildman–Crippen MR) is 103 cm³/mol. The molecule has 1 amide bonds. The highest BCUT2D eigenvalue weighted by molar-refractivity contribution is 5.94. The Hall–Kier alpha value is -3.09. The molecule has 0 bridgehead atoms. The third-order valence-corrected chi connectivity index (χ3v) is 5.31. The fraction of sp³-hybridized carbons (Fsp3) is 0.350. The second-order valence-electron chi connectivity index (χ2n) is 7.41. The number of nitrogens with zero attached hydrogens (tertiary/aromatic N) is 2. The zero-order chi connectivity index (χ0) is 19.3. The van der Waals surface area contributed by atoms with Crippen molar-refractivity contribution < 1.29 is 4.79 Å². The lowest BCUT2D eigenvalue weighted by Gasteiger charge is -2.38. The monoisotopic (exact) mass is 366 g/mol. The SMILES string of the molecule is CC(C)C1c2[nH]c3ccccc3c2CCN1C(=O)c1cn(C)c(=O)[nH]c1=O. The molecule has 3 aromatic rings. The summed E-state index contributed by atoms with van der Waals surface area (Å²) in [6.45, 7) is 4.66. The van der Waals surface area contributed by atoms with Crippen molar-refractivity contribution >= 4 is 16.8 Å². The Kier molecular flexibility index (Phi) is 4.02. The largest absolute Gasteiger partial charge is 0.356 e. The third-order valence-electron chi connectivity index (χ3n) is 5.31. The Balaban J connectivity index is 1.82. The van der Waals surface area contributed by atoms with E-state index in [0.717, 1.165) is 17.6 Å². The maximum absolute atomic E-state index is 13.2. The van der Waals surface area contributed by atoms with E-state index in [1.165, 1.54) is 28.8 Å². The number of para-hydroxylation sites is 1. The number of aryl methyl sites for hydroxylation is 1. The number of rotatable bonds is 2. The van der Waals surface area contributed by atoms with Gasteiger partial charge in [0.05, 0.1) is 6.04 Å². The maximum atomic E-state index is 13.2. The number of fused-ring (bicyclic) bond motifs is 3. The summed E-state index contributed by atoms with van der Waals surface area (Å²) >= 11 is 0. The lowest BCUT2D eigenvalue weighted by molar-refractivity contribution is 0.0595. The van der Waals surface area contributed by atoms with Crippen LogP contribution in [0.4, 0.5) is 0 Å². The Labute approximate surface area is 155 Å². The minimum atomic E-state index is -0.645. The van der Waals surface area contributed by atoms with Gasteiger partial charge in [-0.05, 0) is 24.0 Å². The van der Waals surface area contributed by atoms with Crippen LogP contribution in [-0.2, 0) is 13.5 Å². The van der Waals surface area contributed by atoms with Crippen molar-refractivity contribution in [1.82, 2.24) is 19.4 Å². The fourth-order valence-corrected chi connectivity index (χ4v) is 4.06. The molecule has 1 atom stereocenters. The molecule has 0 radical (unpaired) electrons. The van der Waals surface area contributed by atoms with Crippen LogP contribution in [-0.4, -0.2) is 31.9 Å².